The van der Waals surface area contributed by atoms with E-state index in [0.717, 1.165) is 16.5 Å². The van der Waals surface area contributed by atoms with Crippen LogP contribution in [0.4, 0.5) is 5.82 Å². The van der Waals surface area contributed by atoms with Gasteiger partial charge < -0.3 is 15.8 Å². The van der Waals surface area contributed by atoms with Crippen molar-refractivity contribution in [1.29, 1.82) is 0 Å². The molecule has 0 spiro atoms. The molecule has 0 aliphatic carbocycles. The van der Waals surface area contributed by atoms with E-state index < -0.39 is 5.97 Å². The van der Waals surface area contributed by atoms with Gasteiger partial charge in [-0.2, -0.15) is 0 Å². The van der Waals surface area contributed by atoms with Crippen LogP contribution in [-0.4, -0.2) is 21.0 Å². The van der Waals surface area contributed by atoms with Gasteiger partial charge in [0.15, 0.2) is 0 Å². The van der Waals surface area contributed by atoms with Gasteiger partial charge in [0.2, 0.25) is 0 Å². The summed E-state index contributed by atoms with van der Waals surface area (Å²) in [5.74, 6) is -0.806. The number of carboxylic acids is 1. The van der Waals surface area contributed by atoms with Gasteiger partial charge in [-0.05, 0) is 12.1 Å². The molecule has 0 amide bonds. The molecule has 3 aromatic rings. The Balaban J connectivity index is 2.36. The molecule has 1 aromatic carbocycles. The lowest BCUT2D eigenvalue weighted by atomic mass is 10.0. The SMILES string of the molecule is Nc1nccc(C(=O)O)c1-c1c[nH]c2ccccc12. The summed E-state index contributed by atoms with van der Waals surface area (Å²) in [7, 11) is 0. The topological polar surface area (TPSA) is 92.0 Å². The number of benzene rings is 1. The molecule has 0 radical (unpaired) electrons. The summed E-state index contributed by atoms with van der Waals surface area (Å²) in [6, 6.07) is 9.10. The fraction of sp³-hybridized carbons (Fsp3) is 0. The number of carboxylic acid groups (broad SMARTS) is 1. The summed E-state index contributed by atoms with van der Waals surface area (Å²) in [6.45, 7) is 0. The van der Waals surface area contributed by atoms with Gasteiger partial charge in [-0.25, -0.2) is 9.78 Å². The summed E-state index contributed by atoms with van der Waals surface area (Å²) in [6.07, 6.45) is 3.15. The molecule has 5 heteroatoms. The number of hydrogen-bond donors (Lipinski definition) is 3. The van der Waals surface area contributed by atoms with E-state index in [-0.39, 0.29) is 11.4 Å². The number of nitrogens with one attached hydrogen (secondary N) is 1. The van der Waals surface area contributed by atoms with Crippen molar-refractivity contribution in [2.45, 2.75) is 0 Å². The van der Waals surface area contributed by atoms with Gasteiger partial charge in [-0.1, -0.05) is 18.2 Å². The van der Waals surface area contributed by atoms with Crippen LogP contribution in [0.15, 0.2) is 42.7 Å². The predicted molar refractivity (Wildman–Crippen MR) is 72.9 cm³/mol. The van der Waals surface area contributed by atoms with Crippen LogP contribution in [-0.2, 0) is 0 Å². The molecule has 19 heavy (non-hydrogen) atoms. The largest absolute Gasteiger partial charge is 0.478 e. The number of anilines is 1. The number of para-hydroxylation sites is 1. The maximum absolute atomic E-state index is 11.3. The van der Waals surface area contributed by atoms with Gasteiger partial charge in [0.25, 0.3) is 0 Å². The molecule has 3 rings (SSSR count). The van der Waals surface area contributed by atoms with Crippen LogP contribution >= 0.6 is 0 Å². The van der Waals surface area contributed by atoms with Crippen molar-refractivity contribution in [3.63, 3.8) is 0 Å². The van der Waals surface area contributed by atoms with E-state index in [9.17, 15) is 9.90 Å². The van der Waals surface area contributed by atoms with Gasteiger partial charge in [0.05, 0.1) is 5.56 Å². The van der Waals surface area contributed by atoms with Crippen molar-refractivity contribution in [3.05, 3.63) is 48.3 Å². The number of aromatic nitrogens is 2. The van der Waals surface area contributed by atoms with Gasteiger partial charge in [0, 0.05) is 34.4 Å². The maximum Gasteiger partial charge on any atom is 0.336 e. The molecule has 0 aliphatic rings. The fourth-order valence-corrected chi connectivity index (χ4v) is 2.22. The van der Waals surface area contributed by atoms with Crippen molar-refractivity contribution in [2.75, 3.05) is 5.73 Å². The highest BCUT2D eigenvalue weighted by atomic mass is 16.4. The first-order valence-corrected chi connectivity index (χ1v) is 5.72. The van der Waals surface area contributed by atoms with Crippen LogP contribution in [0.5, 0.6) is 0 Å². The number of carbonyl (C=O) groups is 1. The van der Waals surface area contributed by atoms with Crippen molar-refractivity contribution in [2.24, 2.45) is 0 Å². The molecule has 0 fully saturated rings. The number of aromatic amines is 1. The van der Waals surface area contributed by atoms with Crippen LogP contribution in [0.2, 0.25) is 0 Å². The quantitative estimate of drug-likeness (QED) is 0.654. The molecular weight excluding hydrogens is 242 g/mol. The Morgan fingerprint density at radius 2 is 2.05 bits per heavy atom. The number of hydrogen-bond acceptors (Lipinski definition) is 3. The summed E-state index contributed by atoms with van der Waals surface area (Å²) < 4.78 is 0. The second kappa shape index (κ2) is 4.13. The lowest BCUT2D eigenvalue weighted by molar-refractivity contribution is 0.0697. The fourth-order valence-electron chi connectivity index (χ4n) is 2.22. The summed E-state index contributed by atoms with van der Waals surface area (Å²) >= 11 is 0. The Bertz CT molecular complexity index is 777. The minimum Gasteiger partial charge on any atom is -0.478 e. The molecule has 0 aliphatic heterocycles. The zero-order chi connectivity index (χ0) is 13.4. The van der Waals surface area contributed by atoms with E-state index in [0.29, 0.717) is 5.56 Å². The molecule has 0 saturated carbocycles. The van der Waals surface area contributed by atoms with E-state index in [1.165, 1.54) is 12.3 Å². The van der Waals surface area contributed by atoms with Crippen LogP contribution < -0.4 is 5.73 Å². The molecular formula is C14H11N3O2. The number of pyridine rings is 1. The second-order valence-electron chi connectivity index (χ2n) is 4.17. The minimum absolute atomic E-state index is 0.150. The molecule has 94 valence electrons. The molecule has 0 saturated heterocycles. The van der Waals surface area contributed by atoms with Crippen LogP contribution in [0.3, 0.4) is 0 Å². The zero-order valence-electron chi connectivity index (χ0n) is 9.92. The number of nitrogens with two attached hydrogens (primary N) is 1. The highest BCUT2D eigenvalue weighted by molar-refractivity contribution is 6.05. The lowest BCUT2D eigenvalue weighted by Gasteiger charge is -2.07. The first kappa shape index (κ1) is 11.3. The predicted octanol–water partition coefficient (Wildman–Crippen LogP) is 2.51. The van der Waals surface area contributed by atoms with E-state index >= 15 is 0 Å². The Morgan fingerprint density at radius 3 is 2.84 bits per heavy atom. The molecule has 4 N–H and O–H groups in total. The smallest absolute Gasteiger partial charge is 0.336 e. The van der Waals surface area contributed by atoms with Crippen LogP contribution in [0.25, 0.3) is 22.0 Å². The third-order valence-electron chi connectivity index (χ3n) is 3.07. The average Bonchev–Trinajstić information content (AvgIpc) is 2.82. The number of fused-ring (bicyclic) bond motifs is 1. The number of nitrogen functional groups attached to an aromatic ring is 1. The summed E-state index contributed by atoms with van der Waals surface area (Å²) in [5, 5.41) is 10.2. The third kappa shape index (κ3) is 1.72. The average molecular weight is 253 g/mol. The van der Waals surface area contributed by atoms with Crippen molar-refractivity contribution < 1.29 is 9.90 Å². The second-order valence-corrected chi connectivity index (χ2v) is 4.17. The van der Waals surface area contributed by atoms with Crippen molar-refractivity contribution >= 4 is 22.7 Å². The normalized spacial score (nSPS) is 10.7. The monoisotopic (exact) mass is 253 g/mol. The molecule has 2 heterocycles. The van der Waals surface area contributed by atoms with Gasteiger partial charge in [-0.15, -0.1) is 0 Å². The third-order valence-corrected chi connectivity index (χ3v) is 3.07. The van der Waals surface area contributed by atoms with Gasteiger partial charge in [-0.3, -0.25) is 0 Å². The Labute approximate surface area is 108 Å². The molecule has 0 atom stereocenters. The van der Waals surface area contributed by atoms with E-state index in [2.05, 4.69) is 9.97 Å². The molecule has 0 bridgehead atoms. The van der Waals surface area contributed by atoms with E-state index in [1.54, 1.807) is 6.20 Å². The van der Waals surface area contributed by atoms with Crippen LogP contribution in [0, 0.1) is 0 Å². The number of aromatic carboxylic acids is 1. The van der Waals surface area contributed by atoms with Gasteiger partial charge >= 0.3 is 5.97 Å². The number of H-pyrrole nitrogens is 1. The Kier molecular flexibility index (Phi) is 2.45. The van der Waals surface area contributed by atoms with Crippen LogP contribution in [0.1, 0.15) is 10.4 Å². The van der Waals surface area contributed by atoms with Gasteiger partial charge in [0.1, 0.15) is 5.82 Å². The molecule has 2 aromatic heterocycles. The highest BCUT2D eigenvalue weighted by Gasteiger charge is 2.18. The standard InChI is InChI=1S/C14H11N3O2/c15-13-12(9(14(18)19)5-6-16-13)10-7-17-11-4-2-1-3-8(10)11/h1-7,17H,(H2,15,16)(H,18,19). The minimum atomic E-state index is -1.02. The Hall–Kier alpha value is -2.82. The number of nitrogens with zero attached hydrogens (tertiary/aromatic N) is 1. The van der Waals surface area contributed by atoms with E-state index in [4.69, 9.17) is 5.73 Å². The summed E-state index contributed by atoms with van der Waals surface area (Å²) in [5.41, 5.74) is 8.13. The first-order valence-electron chi connectivity index (χ1n) is 5.72. The summed E-state index contributed by atoms with van der Waals surface area (Å²) in [4.78, 5) is 18.4. The maximum atomic E-state index is 11.3. The Morgan fingerprint density at radius 1 is 1.26 bits per heavy atom. The number of rotatable bonds is 2. The zero-order valence-corrected chi connectivity index (χ0v) is 9.92. The van der Waals surface area contributed by atoms with Crippen molar-refractivity contribution in [1.82, 2.24) is 9.97 Å². The molecule has 5 nitrogen and oxygen atoms in total. The van der Waals surface area contributed by atoms with E-state index in [1.807, 2.05) is 24.3 Å². The molecule has 0 unspecified atom stereocenters. The highest BCUT2D eigenvalue weighted by Crippen LogP contribution is 2.34. The van der Waals surface area contributed by atoms with Crippen molar-refractivity contribution in [3.8, 4) is 11.1 Å². The lowest BCUT2D eigenvalue weighted by Crippen LogP contribution is -2.04. The first-order chi connectivity index (χ1) is 9.18.